The van der Waals surface area contributed by atoms with E-state index in [2.05, 4.69) is 0 Å². The van der Waals surface area contributed by atoms with Crippen molar-refractivity contribution in [2.45, 2.75) is 10.8 Å². The molecule has 26 heavy (non-hydrogen) atoms. The van der Waals surface area contributed by atoms with Crippen LogP contribution in [0.5, 0.6) is 0 Å². The van der Waals surface area contributed by atoms with Crippen molar-refractivity contribution in [1.29, 1.82) is 0 Å². The minimum Gasteiger partial charge on any atom is -0.330 e. The smallest absolute Gasteiger partial charge is 0.330 e. The third-order valence-corrected chi connectivity index (χ3v) is 6.78. The molecule has 0 spiro atoms. The Kier molecular flexibility index (Phi) is 4.87. The molecule has 0 amide bonds. The van der Waals surface area contributed by atoms with Gasteiger partial charge in [-0.2, -0.15) is 4.31 Å². The lowest BCUT2D eigenvalue weighted by Gasteiger charge is -2.17. The molecule has 1 aliphatic heterocycles. The van der Waals surface area contributed by atoms with Gasteiger partial charge in [0.2, 0.25) is 10.0 Å². The molecule has 0 unspecified atom stereocenters. The molecule has 2 aromatic rings. The highest BCUT2D eigenvalue weighted by atomic mass is 32.2. The van der Waals surface area contributed by atoms with Gasteiger partial charge in [-0.15, -0.1) is 0 Å². The monoisotopic (exact) mass is 378 g/mol. The standard InChI is InChI=1S/C17H22N4O4S/c1-19-11-15(16(22)20(2)17(19)23)26(24,25)21-9-13(8-18)14(10-21)12-6-4-3-5-7-12/h3-7,11,13-14H,8-10,18H2,1-2H3/t13-,14+/m1/s1. The van der Waals surface area contributed by atoms with Crippen LogP contribution in [0.3, 0.4) is 0 Å². The summed E-state index contributed by atoms with van der Waals surface area (Å²) in [6.45, 7) is 0.835. The second-order valence-electron chi connectivity index (χ2n) is 6.59. The molecular weight excluding hydrogens is 356 g/mol. The van der Waals surface area contributed by atoms with E-state index in [0.29, 0.717) is 6.54 Å². The van der Waals surface area contributed by atoms with Crippen LogP contribution < -0.4 is 17.0 Å². The van der Waals surface area contributed by atoms with Crippen LogP contribution in [0.2, 0.25) is 0 Å². The molecule has 0 saturated carbocycles. The third-order valence-electron chi connectivity index (χ3n) is 4.97. The van der Waals surface area contributed by atoms with Crippen LogP contribution in [0.25, 0.3) is 0 Å². The Labute approximate surface area is 151 Å². The van der Waals surface area contributed by atoms with Crippen LogP contribution in [0.1, 0.15) is 11.5 Å². The van der Waals surface area contributed by atoms with E-state index in [-0.39, 0.29) is 24.9 Å². The zero-order valence-electron chi connectivity index (χ0n) is 14.7. The van der Waals surface area contributed by atoms with Crippen molar-refractivity contribution in [2.75, 3.05) is 19.6 Å². The maximum Gasteiger partial charge on any atom is 0.330 e. The molecule has 3 rings (SSSR count). The van der Waals surface area contributed by atoms with Gasteiger partial charge in [0.25, 0.3) is 5.56 Å². The van der Waals surface area contributed by atoms with Gasteiger partial charge in [0, 0.05) is 39.3 Å². The number of aryl methyl sites for hydroxylation is 1. The zero-order valence-corrected chi connectivity index (χ0v) is 15.5. The Balaban J connectivity index is 2.02. The fourth-order valence-corrected chi connectivity index (χ4v) is 5.11. The molecule has 2 N–H and O–H groups in total. The van der Waals surface area contributed by atoms with Gasteiger partial charge in [0.1, 0.15) is 0 Å². The highest BCUT2D eigenvalue weighted by Gasteiger charge is 2.40. The Hall–Kier alpha value is -2.23. The quantitative estimate of drug-likeness (QED) is 0.768. The van der Waals surface area contributed by atoms with Crippen molar-refractivity contribution >= 4 is 10.0 Å². The first-order valence-corrected chi connectivity index (χ1v) is 9.73. The van der Waals surface area contributed by atoms with Crippen molar-refractivity contribution in [3.8, 4) is 0 Å². The number of nitrogens with two attached hydrogens (primary N) is 1. The summed E-state index contributed by atoms with van der Waals surface area (Å²) in [5.41, 5.74) is 5.50. The van der Waals surface area contributed by atoms with E-state index in [1.54, 1.807) is 0 Å². The van der Waals surface area contributed by atoms with Gasteiger partial charge >= 0.3 is 5.69 Å². The summed E-state index contributed by atoms with van der Waals surface area (Å²) >= 11 is 0. The number of hydrogen-bond donors (Lipinski definition) is 1. The molecule has 140 valence electrons. The Morgan fingerprint density at radius 1 is 1.12 bits per heavy atom. The summed E-state index contributed by atoms with van der Waals surface area (Å²) in [5.74, 6) is -0.0732. The first kappa shape index (κ1) is 18.6. The van der Waals surface area contributed by atoms with Crippen molar-refractivity contribution in [3.05, 3.63) is 62.9 Å². The van der Waals surface area contributed by atoms with E-state index in [1.807, 2.05) is 30.3 Å². The summed E-state index contributed by atoms with van der Waals surface area (Å²) in [6, 6.07) is 9.62. The fraction of sp³-hybridized carbons (Fsp3) is 0.412. The van der Waals surface area contributed by atoms with Gasteiger partial charge < -0.3 is 10.3 Å². The number of benzene rings is 1. The van der Waals surface area contributed by atoms with Crippen molar-refractivity contribution < 1.29 is 8.42 Å². The lowest BCUT2D eigenvalue weighted by Crippen LogP contribution is -2.42. The van der Waals surface area contributed by atoms with E-state index in [4.69, 9.17) is 5.73 Å². The lowest BCUT2D eigenvalue weighted by atomic mass is 9.89. The summed E-state index contributed by atoms with van der Waals surface area (Å²) in [5, 5.41) is 0. The highest BCUT2D eigenvalue weighted by Crippen LogP contribution is 2.34. The van der Waals surface area contributed by atoms with Crippen LogP contribution in [0.15, 0.2) is 51.0 Å². The molecular formula is C17H22N4O4S. The molecule has 1 saturated heterocycles. The van der Waals surface area contributed by atoms with Gasteiger partial charge in [-0.3, -0.25) is 9.36 Å². The average molecular weight is 378 g/mol. The SMILES string of the molecule is Cn1cc(S(=O)(=O)N2C[C@@H](CN)[C@H](c3ccccc3)C2)c(=O)n(C)c1=O. The maximum absolute atomic E-state index is 13.1. The van der Waals surface area contributed by atoms with E-state index < -0.39 is 26.2 Å². The van der Waals surface area contributed by atoms with Crippen LogP contribution in [0, 0.1) is 5.92 Å². The minimum absolute atomic E-state index is 0.0349. The Bertz CT molecular complexity index is 1030. The molecule has 8 nitrogen and oxygen atoms in total. The number of sulfonamides is 1. The molecule has 1 fully saturated rings. The van der Waals surface area contributed by atoms with E-state index in [0.717, 1.165) is 20.9 Å². The van der Waals surface area contributed by atoms with Crippen molar-refractivity contribution in [2.24, 2.45) is 25.7 Å². The maximum atomic E-state index is 13.1. The van der Waals surface area contributed by atoms with Gasteiger partial charge in [-0.1, -0.05) is 30.3 Å². The molecule has 0 radical (unpaired) electrons. The van der Waals surface area contributed by atoms with Crippen LogP contribution >= 0.6 is 0 Å². The molecule has 1 aromatic heterocycles. The third kappa shape index (κ3) is 3.02. The predicted molar refractivity (Wildman–Crippen MR) is 97.4 cm³/mol. The summed E-state index contributed by atoms with van der Waals surface area (Å²) < 4.78 is 29.3. The number of hydrogen-bond acceptors (Lipinski definition) is 5. The fourth-order valence-electron chi connectivity index (χ4n) is 3.44. The summed E-state index contributed by atoms with van der Waals surface area (Å²) in [7, 11) is -1.35. The molecule has 0 bridgehead atoms. The molecule has 9 heteroatoms. The van der Waals surface area contributed by atoms with E-state index in [9.17, 15) is 18.0 Å². The summed E-state index contributed by atoms with van der Waals surface area (Å²) in [4.78, 5) is 23.8. The number of nitrogens with zero attached hydrogens (tertiary/aromatic N) is 3. The predicted octanol–water partition coefficient (Wildman–Crippen LogP) is -0.553. The van der Waals surface area contributed by atoms with E-state index in [1.165, 1.54) is 18.4 Å². The molecule has 2 heterocycles. The minimum atomic E-state index is -4.03. The second-order valence-corrected chi connectivity index (χ2v) is 8.49. The van der Waals surface area contributed by atoms with Crippen LogP contribution in [-0.4, -0.2) is 41.5 Å². The Morgan fingerprint density at radius 2 is 1.77 bits per heavy atom. The van der Waals surface area contributed by atoms with Gasteiger partial charge in [-0.25, -0.2) is 13.2 Å². The summed E-state index contributed by atoms with van der Waals surface area (Å²) in [6.07, 6.45) is 1.09. The van der Waals surface area contributed by atoms with Crippen LogP contribution in [-0.2, 0) is 24.1 Å². The van der Waals surface area contributed by atoms with Crippen molar-refractivity contribution in [3.63, 3.8) is 0 Å². The number of aromatic nitrogens is 2. The zero-order chi connectivity index (χ0) is 19.1. The largest absolute Gasteiger partial charge is 0.330 e. The van der Waals surface area contributed by atoms with Crippen LogP contribution in [0.4, 0.5) is 0 Å². The number of rotatable bonds is 4. The Morgan fingerprint density at radius 3 is 2.38 bits per heavy atom. The van der Waals surface area contributed by atoms with Gasteiger partial charge in [0.15, 0.2) is 4.90 Å². The normalized spacial score (nSPS) is 21.2. The molecule has 1 aliphatic rings. The highest BCUT2D eigenvalue weighted by molar-refractivity contribution is 7.89. The molecule has 0 aliphatic carbocycles. The molecule has 1 aromatic carbocycles. The van der Waals surface area contributed by atoms with Gasteiger partial charge in [-0.05, 0) is 18.0 Å². The van der Waals surface area contributed by atoms with Gasteiger partial charge in [0.05, 0.1) is 0 Å². The molecule has 2 atom stereocenters. The van der Waals surface area contributed by atoms with E-state index >= 15 is 0 Å². The van der Waals surface area contributed by atoms with Crippen molar-refractivity contribution in [1.82, 2.24) is 13.4 Å². The topological polar surface area (TPSA) is 107 Å². The first-order valence-electron chi connectivity index (χ1n) is 8.29. The second kappa shape index (κ2) is 6.82. The average Bonchev–Trinajstić information content (AvgIpc) is 3.09. The first-order chi connectivity index (χ1) is 12.3. The lowest BCUT2D eigenvalue weighted by molar-refractivity contribution is 0.455.